The summed E-state index contributed by atoms with van der Waals surface area (Å²) in [5, 5.41) is 9.01. The summed E-state index contributed by atoms with van der Waals surface area (Å²) in [6, 6.07) is 14.8. The molecule has 0 N–H and O–H groups in total. The van der Waals surface area contributed by atoms with Crippen molar-refractivity contribution in [2.24, 2.45) is 0 Å². The van der Waals surface area contributed by atoms with Crippen LogP contribution in [0.25, 0.3) is 0 Å². The van der Waals surface area contributed by atoms with E-state index in [0.29, 0.717) is 23.5 Å². The molecule has 0 aliphatic carbocycles. The molecule has 0 radical (unpaired) electrons. The molecule has 100 valence electrons. The van der Waals surface area contributed by atoms with Gasteiger partial charge < -0.3 is 4.74 Å². The third-order valence-corrected chi connectivity index (χ3v) is 3.74. The quantitative estimate of drug-likeness (QED) is 0.599. The summed E-state index contributed by atoms with van der Waals surface area (Å²) in [6.45, 7) is 1.88. The van der Waals surface area contributed by atoms with Crippen molar-refractivity contribution in [2.45, 2.75) is 13.5 Å². The Kier molecular flexibility index (Phi) is 4.74. The van der Waals surface area contributed by atoms with Crippen LogP contribution in [-0.4, -0.2) is 5.78 Å². The van der Waals surface area contributed by atoms with E-state index in [4.69, 9.17) is 10.00 Å². The zero-order valence-electron chi connectivity index (χ0n) is 10.9. The summed E-state index contributed by atoms with van der Waals surface area (Å²) in [5.74, 6) is 0.725. The van der Waals surface area contributed by atoms with Gasteiger partial charge >= 0.3 is 0 Å². The molecular weight excluding hydrogens is 365 g/mol. The average Bonchev–Trinajstić information content (AvgIpc) is 2.45. The fraction of sp³-hybridized carbons (Fsp3) is 0.125. The summed E-state index contributed by atoms with van der Waals surface area (Å²) < 4.78 is 6.55. The molecule has 0 atom stereocenters. The highest BCUT2D eigenvalue weighted by Crippen LogP contribution is 2.21. The molecule has 20 heavy (non-hydrogen) atoms. The third kappa shape index (κ3) is 3.36. The van der Waals surface area contributed by atoms with Gasteiger partial charge in [0.2, 0.25) is 0 Å². The molecule has 2 aromatic carbocycles. The number of hydrogen-bond acceptors (Lipinski definition) is 3. The molecule has 0 aliphatic heterocycles. The van der Waals surface area contributed by atoms with Crippen LogP contribution in [0.3, 0.4) is 0 Å². The number of Topliss-reactive ketones (excluding diaryl/α,β-unsaturated/α-hetero) is 1. The summed E-state index contributed by atoms with van der Waals surface area (Å²) in [7, 11) is 0. The van der Waals surface area contributed by atoms with E-state index in [0.717, 1.165) is 9.13 Å². The molecule has 0 aromatic heterocycles. The summed E-state index contributed by atoms with van der Waals surface area (Å²) in [4.78, 5) is 11.4. The number of ketones is 1. The first kappa shape index (κ1) is 14.5. The summed E-state index contributed by atoms with van der Waals surface area (Å²) in [5.41, 5.74) is 2.15. The number of rotatable bonds is 4. The first-order valence-corrected chi connectivity index (χ1v) is 7.11. The fourth-order valence-corrected chi connectivity index (χ4v) is 2.65. The highest BCUT2D eigenvalue weighted by atomic mass is 127. The first-order valence-electron chi connectivity index (χ1n) is 6.03. The minimum atomic E-state index is 0.0378. The van der Waals surface area contributed by atoms with Crippen LogP contribution in [0.5, 0.6) is 5.75 Å². The number of carbonyl (C=O) groups is 1. The van der Waals surface area contributed by atoms with Crippen molar-refractivity contribution in [3.05, 3.63) is 62.7 Å². The molecule has 0 bridgehead atoms. The molecule has 0 saturated heterocycles. The summed E-state index contributed by atoms with van der Waals surface area (Å²) >= 11 is 2.12. The van der Waals surface area contributed by atoms with E-state index in [1.807, 2.05) is 24.3 Å². The van der Waals surface area contributed by atoms with Gasteiger partial charge in [0, 0.05) is 14.7 Å². The van der Waals surface area contributed by atoms with Crippen molar-refractivity contribution in [1.29, 1.82) is 5.26 Å². The molecule has 0 spiro atoms. The molecule has 0 saturated carbocycles. The molecule has 2 aromatic rings. The van der Waals surface area contributed by atoms with Crippen molar-refractivity contribution >= 4 is 28.4 Å². The van der Waals surface area contributed by atoms with Gasteiger partial charge in [-0.3, -0.25) is 4.79 Å². The zero-order chi connectivity index (χ0) is 14.5. The molecular formula is C16H12INO2. The topological polar surface area (TPSA) is 50.1 Å². The van der Waals surface area contributed by atoms with Crippen molar-refractivity contribution in [3.63, 3.8) is 0 Å². The number of ether oxygens (including phenoxy) is 1. The fourth-order valence-electron chi connectivity index (χ4n) is 1.79. The number of nitriles is 1. The van der Waals surface area contributed by atoms with Gasteiger partial charge in [-0.1, -0.05) is 18.2 Å². The minimum absolute atomic E-state index is 0.0378. The van der Waals surface area contributed by atoms with Gasteiger partial charge in [-0.25, -0.2) is 0 Å². The second kappa shape index (κ2) is 6.53. The lowest BCUT2D eigenvalue weighted by molar-refractivity contribution is 0.101. The van der Waals surface area contributed by atoms with Crippen LogP contribution in [0.2, 0.25) is 0 Å². The average molecular weight is 377 g/mol. The Balaban J connectivity index is 2.14. The largest absolute Gasteiger partial charge is 0.489 e. The molecule has 0 amide bonds. The SMILES string of the molecule is CC(=O)c1ccc(OCc2ccccc2C#N)cc1I. The molecule has 0 unspecified atom stereocenters. The van der Waals surface area contributed by atoms with Gasteiger partial charge in [-0.05, 0) is 53.8 Å². The van der Waals surface area contributed by atoms with E-state index in [9.17, 15) is 4.79 Å². The number of hydrogen-bond donors (Lipinski definition) is 0. The smallest absolute Gasteiger partial charge is 0.160 e. The number of nitrogens with zero attached hydrogens (tertiary/aromatic N) is 1. The number of halogens is 1. The third-order valence-electron chi connectivity index (χ3n) is 2.85. The minimum Gasteiger partial charge on any atom is -0.489 e. The molecule has 4 heteroatoms. The van der Waals surface area contributed by atoms with Crippen molar-refractivity contribution in [1.82, 2.24) is 0 Å². The van der Waals surface area contributed by atoms with Crippen LogP contribution in [-0.2, 0) is 6.61 Å². The highest BCUT2D eigenvalue weighted by Gasteiger charge is 2.07. The van der Waals surface area contributed by atoms with E-state index in [1.165, 1.54) is 0 Å². The van der Waals surface area contributed by atoms with Gasteiger partial charge in [0.05, 0.1) is 11.6 Å². The lowest BCUT2D eigenvalue weighted by Crippen LogP contribution is -2.00. The molecule has 0 aliphatic rings. The Labute approximate surface area is 131 Å². The molecule has 0 heterocycles. The standard InChI is InChI=1S/C16H12INO2/c1-11(19)15-7-6-14(8-16(15)17)20-10-13-5-3-2-4-12(13)9-18/h2-8H,10H2,1H3. The van der Waals surface area contributed by atoms with E-state index in [-0.39, 0.29) is 5.78 Å². The monoisotopic (exact) mass is 377 g/mol. The molecule has 0 fully saturated rings. The van der Waals surface area contributed by atoms with E-state index >= 15 is 0 Å². The van der Waals surface area contributed by atoms with Gasteiger partial charge in [0.25, 0.3) is 0 Å². The van der Waals surface area contributed by atoms with E-state index < -0.39 is 0 Å². The van der Waals surface area contributed by atoms with Crippen LogP contribution in [0.1, 0.15) is 28.4 Å². The maximum atomic E-state index is 11.4. The van der Waals surface area contributed by atoms with Gasteiger partial charge in [-0.2, -0.15) is 5.26 Å². The lowest BCUT2D eigenvalue weighted by atomic mass is 10.1. The Morgan fingerprint density at radius 3 is 2.70 bits per heavy atom. The van der Waals surface area contributed by atoms with E-state index in [2.05, 4.69) is 28.7 Å². The Bertz CT molecular complexity index is 689. The number of carbonyl (C=O) groups excluding carboxylic acids is 1. The van der Waals surface area contributed by atoms with Crippen LogP contribution in [0.4, 0.5) is 0 Å². The van der Waals surface area contributed by atoms with Crippen molar-refractivity contribution in [2.75, 3.05) is 0 Å². The second-order valence-electron chi connectivity index (χ2n) is 4.26. The zero-order valence-corrected chi connectivity index (χ0v) is 13.0. The van der Waals surface area contributed by atoms with Gasteiger partial charge in [-0.15, -0.1) is 0 Å². The normalized spacial score (nSPS) is 9.85. The lowest BCUT2D eigenvalue weighted by Gasteiger charge is -2.09. The number of benzene rings is 2. The predicted molar refractivity (Wildman–Crippen MR) is 84.7 cm³/mol. The van der Waals surface area contributed by atoms with E-state index in [1.54, 1.807) is 25.1 Å². The molecule has 2 rings (SSSR count). The van der Waals surface area contributed by atoms with Crippen LogP contribution in [0.15, 0.2) is 42.5 Å². The van der Waals surface area contributed by atoms with Crippen molar-refractivity contribution in [3.8, 4) is 11.8 Å². The van der Waals surface area contributed by atoms with Crippen molar-refractivity contribution < 1.29 is 9.53 Å². The molecule has 3 nitrogen and oxygen atoms in total. The van der Waals surface area contributed by atoms with Crippen LogP contribution >= 0.6 is 22.6 Å². The van der Waals surface area contributed by atoms with Crippen LogP contribution < -0.4 is 4.74 Å². The Hall–Kier alpha value is -1.87. The maximum absolute atomic E-state index is 11.4. The first-order chi connectivity index (χ1) is 9.61. The van der Waals surface area contributed by atoms with Gasteiger partial charge in [0.1, 0.15) is 12.4 Å². The Morgan fingerprint density at radius 1 is 1.30 bits per heavy atom. The maximum Gasteiger partial charge on any atom is 0.160 e. The van der Waals surface area contributed by atoms with Gasteiger partial charge in [0.15, 0.2) is 5.78 Å². The summed E-state index contributed by atoms with van der Waals surface area (Å²) in [6.07, 6.45) is 0. The Morgan fingerprint density at radius 2 is 2.05 bits per heavy atom. The second-order valence-corrected chi connectivity index (χ2v) is 5.42. The van der Waals surface area contributed by atoms with Crippen LogP contribution in [0, 0.1) is 14.9 Å². The highest BCUT2D eigenvalue weighted by molar-refractivity contribution is 14.1. The predicted octanol–water partition coefficient (Wildman–Crippen LogP) is 3.94.